The Morgan fingerprint density at radius 2 is 1.70 bits per heavy atom. The van der Waals surface area contributed by atoms with Gasteiger partial charge in [-0.2, -0.15) is 0 Å². The number of carbonyl (C=O) groups excluding carboxylic acids is 1. The summed E-state index contributed by atoms with van der Waals surface area (Å²) >= 11 is 1.46. The molecule has 33 heavy (non-hydrogen) atoms. The summed E-state index contributed by atoms with van der Waals surface area (Å²) in [5.74, 6) is -0.247. The Labute approximate surface area is 193 Å². The summed E-state index contributed by atoms with van der Waals surface area (Å²) in [6.07, 6.45) is 0. The minimum Gasteiger partial charge on any atom is -0.450 e. The normalized spacial score (nSPS) is 15.5. The van der Waals surface area contributed by atoms with Gasteiger partial charge < -0.3 is 4.42 Å². The Morgan fingerprint density at radius 1 is 0.939 bits per heavy atom. The van der Waals surface area contributed by atoms with Crippen molar-refractivity contribution in [3.05, 3.63) is 104 Å². The highest BCUT2D eigenvalue weighted by molar-refractivity contribution is 7.22. The van der Waals surface area contributed by atoms with Gasteiger partial charge in [-0.15, -0.1) is 0 Å². The number of hydrogen-bond acceptors (Lipinski definition) is 5. The first-order valence-corrected chi connectivity index (χ1v) is 11.6. The number of fused-ring (bicyclic) bond motifs is 3. The van der Waals surface area contributed by atoms with Crippen molar-refractivity contribution < 1.29 is 9.21 Å². The van der Waals surface area contributed by atoms with Gasteiger partial charge in [0.15, 0.2) is 10.6 Å². The van der Waals surface area contributed by atoms with Gasteiger partial charge in [-0.3, -0.25) is 14.5 Å². The number of rotatable bonds is 2. The molecule has 0 bridgehead atoms. The van der Waals surface area contributed by atoms with Crippen LogP contribution in [-0.2, 0) is 0 Å². The Bertz CT molecular complexity index is 1650. The molecular weight excluding hydrogens is 432 g/mol. The highest BCUT2D eigenvalue weighted by Crippen LogP contribution is 2.44. The minimum absolute atomic E-state index is 0.0939. The van der Waals surface area contributed by atoms with Crippen LogP contribution in [0.4, 0.5) is 5.13 Å². The molecule has 0 aliphatic carbocycles. The van der Waals surface area contributed by atoms with Crippen LogP contribution in [0.15, 0.2) is 69.9 Å². The summed E-state index contributed by atoms with van der Waals surface area (Å²) in [7, 11) is 0. The number of para-hydroxylation sites is 1. The molecule has 2 aromatic heterocycles. The molecule has 1 aliphatic heterocycles. The molecular formula is C27H20N2O3S. The van der Waals surface area contributed by atoms with Crippen LogP contribution < -0.4 is 10.3 Å². The van der Waals surface area contributed by atoms with Gasteiger partial charge in [0.1, 0.15) is 5.58 Å². The molecule has 162 valence electrons. The number of benzene rings is 3. The van der Waals surface area contributed by atoms with Crippen molar-refractivity contribution in [3.8, 4) is 0 Å². The van der Waals surface area contributed by atoms with Crippen molar-refractivity contribution >= 4 is 43.6 Å². The monoisotopic (exact) mass is 452 g/mol. The lowest BCUT2D eigenvalue weighted by atomic mass is 9.98. The molecule has 0 saturated carbocycles. The van der Waals surface area contributed by atoms with Crippen LogP contribution in [0.1, 0.15) is 44.4 Å². The van der Waals surface area contributed by atoms with Gasteiger partial charge >= 0.3 is 0 Å². The molecule has 5 nitrogen and oxygen atoms in total. The van der Waals surface area contributed by atoms with E-state index in [-0.39, 0.29) is 17.1 Å². The molecule has 0 unspecified atom stereocenters. The maximum atomic E-state index is 13.7. The molecule has 0 spiro atoms. The minimum atomic E-state index is -0.601. The van der Waals surface area contributed by atoms with E-state index >= 15 is 0 Å². The highest BCUT2D eigenvalue weighted by Gasteiger charge is 2.45. The largest absolute Gasteiger partial charge is 0.450 e. The van der Waals surface area contributed by atoms with Gasteiger partial charge in [0.05, 0.1) is 27.2 Å². The number of thiazole rings is 1. The predicted molar refractivity (Wildman–Crippen MR) is 131 cm³/mol. The molecule has 1 amide bonds. The molecule has 0 N–H and O–H groups in total. The number of aryl methyl sites for hydroxylation is 3. The van der Waals surface area contributed by atoms with Crippen LogP contribution in [0.3, 0.4) is 0 Å². The van der Waals surface area contributed by atoms with Crippen molar-refractivity contribution in [2.24, 2.45) is 0 Å². The van der Waals surface area contributed by atoms with Crippen LogP contribution in [0.2, 0.25) is 0 Å². The number of nitrogens with zero attached hydrogens (tertiary/aromatic N) is 2. The number of amides is 1. The molecule has 3 heterocycles. The third-order valence-electron chi connectivity index (χ3n) is 6.20. The average molecular weight is 453 g/mol. The van der Waals surface area contributed by atoms with Gasteiger partial charge in [-0.05, 0) is 55.7 Å². The first-order valence-electron chi connectivity index (χ1n) is 10.8. The van der Waals surface area contributed by atoms with E-state index in [1.807, 2.05) is 45.0 Å². The summed E-state index contributed by atoms with van der Waals surface area (Å²) in [5, 5.41) is 1.03. The van der Waals surface area contributed by atoms with Crippen molar-refractivity contribution in [3.63, 3.8) is 0 Å². The Kier molecular flexibility index (Phi) is 4.29. The van der Waals surface area contributed by atoms with Crippen LogP contribution in [0.5, 0.6) is 0 Å². The summed E-state index contributed by atoms with van der Waals surface area (Å²) in [4.78, 5) is 33.8. The van der Waals surface area contributed by atoms with Crippen LogP contribution >= 0.6 is 11.3 Å². The van der Waals surface area contributed by atoms with Gasteiger partial charge in [0, 0.05) is 0 Å². The average Bonchev–Trinajstić information content (AvgIpc) is 3.34. The standard InChI is InChI=1S/C27H20N2O3S/c1-14-8-10-17(11-9-14)23-21-24(30)18-6-4-5-7-19(18)32-25(21)26(31)29(23)27-28-22-16(3)12-15(2)13-20(22)33-27/h4-13,23H,1-3H3/t23-/m1/s1. The second-order valence-corrected chi connectivity index (χ2v) is 9.59. The van der Waals surface area contributed by atoms with Gasteiger partial charge in [-0.1, -0.05) is 59.4 Å². The molecule has 0 saturated heterocycles. The summed E-state index contributed by atoms with van der Waals surface area (Å²) in [6, 6.07) is 18.5. The number of hydrogen-bond donors (Lipinski definition) is 0. The maximum Gasteiger partial charge on any atom is 0.297 e. The molecule has 5 aromatic rings. The van der Waals surface area contributed by atoms with E-state index in [0.717, 1.165) is 32.5 Å². The zero-order chi connectivity index (χ0) is 22.9. The summed E-state index contributed by atoms with van der Waals surface area (Å²) in [6.45, 7) is 6.08. The molecule has 0 radical (unpaired) electrons. The third-order valence-corrected chi connectivity index (χ3v) is 7.20. The second kappa shape index (κ2) is 7.12. The number of aromatic nitrogens is 1. The van der Waals surface area contributed by atoms with E-state index in [1.165, 1.54) is 11.3 Å². The molecule has 1 aliphatic rings. The zero-order valence-corrected chi connectivity index (χ0v) is 19.2. The predicted octanol–water partition coefficient (Wildman–Crippen LogP) is 6.08. The van der Waals surface area contributed by atoms with E-state index in [1.54, 1.807) is 29.2 Å². The SMILES string of the molecule is Cc1ccc([C@@H]2c3c(oc4ccccc4c3=O)C(=O)N2c2nc3c(C)cc(C)cc3s2)cc1. The van der Waals surface area contributed by atoms with Gasteiger partial charge in [0.25, 0.3) is 5.91 Å². The Morgan fingerprint density at radius 3 is 2.48 bits per heavy atom. The Balaban J connectivity index is 1.64. The molecule has 0 fully saturated rings. The summed E-state index contributed by atoms with van der Waals surface area (Å²) < 4.78 is 7.04. The molecule has 6 heteroatoms. The summed E-state index contributed by atoms with van der Waals surface area (Å²) in [5.41, 5.74) is 5.63. The maximum absolute atomic E-state index is 13.7. The number of carbonyl (C=O) groups is 1. The van der Waals surface area contributed by atoms with Crippen molar-refractivity contribution in [1.82, 2.24) is 4.98 Å². The quantitative estimate of drug-likeness (QED) is 0.326. The van der Waals surface area contributed by atoms with E-state index in [2.05, 4.69) is 12.1 Å². The van der Waals surface area contributed by atoms with E-state index in [4.69, 9.17) is 9.40 Å². The second-order valence-electron chi connectivity index (χ2n) is 8.58. The van der Waals surface area contributed by atoms with Crippen molar-refractivity contribution in [1.29, 1.82) is 0 Å². The van der Waals surface area contributed by atoms with Crippen molar-refractivity contribution in [2.45, 2.75) is 26.8 Å². The molecule has 1 atom stereocenters. The van der Waals surface area contributed by atoms with E-state index < -0.39 is 6.04 Å². The smallest absolute Gasteiger partial charge is 0.297 e. The fraction of sp³-hybridized carbons (Fsp3) is 0.148. The van der Waals surface area contributed by atoms with Gasteiger partial charge in [0.2, 0.25) is 5.76 Å². The van der Waals surface area contributed by atoms with E-state index in [0.29, 0.717) is 21.7 Å². The lowest BCUT2D eigenvalue weighted by Gasteiger charge is -2.22. The lowest BCUT2D eigenvalue weighted by molar-refractivity contribution is 0.0971. The van der Waals surface area contributed by atoms with Crippen LogP contribution in [0, 0.1) is 20.8 Å². The fourth-order valence-corrected chi connectivity index (χ4v) is 5.81. The first-order chi connectivity index (χ1) is 15.9. The highest BCUT2D eigenvalue weighted by atomic mass is 32.1. The van der Waals surface area contributed by atoms with Gasteiger partial charge in [-0.25, -0.2) is 4.98 Å². The number of anilines is 1. The first kappa shape index (κ1) is 19.9. The fourth-order valence-electron chi connectivity index (χ4n) is 4.64. The topological polar surface area (TPSA) is 63.4 Å². The lowest BCUT2D eigenvalue weighted by Crippen LogP contribution is -2.29. The Hall–Kier alpha value is -3.77. The molecule has 3 aromatic carbocycles. The van der Waals surface area contributed by atoms with Crippen molar-refractivity contribution in [2.75, 3.05) is 4.90 Å². The third kappa shape index (κ3) is 2.94. The van der Waals surface area contributed by atoms with Crippen LogP contribution in [0.25, 0.3) is 21.2 Å². The zero-order valence-electron chi connectivity index (χ0n) is 18.4. The van der Waals surface area contributed by atoms with E-state index in [9.17, 15) is 9.59 Å². The van der Waals surface area contributed by atoms with Crippen LogP contribution in [-0.4, -0.2) is 10.9 Å². The molecule has 6 rings (SSSR count).